The van der Waals surface area contributed by atoms with Crippen LogP contribution in [0.5, 0.6) is 0 Å². The predicted octanol–water partition coefficient (Wildman–Crippen LogP) is 7.45. The van der Waals surface area contributed by atoms with Crippen molar-refractivity contribution in [1.82, 2.24) is 4.90 Å². The van der Waals surface area contributed by atoms with Crippen LogP contribution >= 0.6 is 12.2 Å². The molecule has 0 unspecified atom stereocenters. The minimum Gasteiger partial charge on any atom is -0.478 e. The summed E-state index contributed by atoms with van der Waals surface area (Å²) in [6.45, 7) is 0.341. The average Bonchev–Trinajstić information content (AvgIpc) is 2.95. The molecule has 0 N–H and O–H groups in total. The highest BCUT2D eigenvalue weighted by Gasteiger charge is 2.51. The van der Waals surface area contributed by atoms with Gasteiger partial charge < -0.3 is 4.74 Å². The van der Waals surface area contributed by atoms with Gasteiger partial charge in [0, 0.05) is 23.5 Å². The number of hydrogen-bond donors (Lipinski definition) is 0. The molecule has 5 rings (SSSR count). The lowest BCUT2D eigenvalue weighted by Crippen LogP contribution is -2.64. The highest BCUT2D eigenvalue weighted by atomic mass is 32.1. The molecule has 0 radical (unpaired) electrons. The van der Waals surface area contributed by atoms with Gasteiger partial charge in [0.15, 0.2) is 10.8 Å². The van der Waals surface area contributed by atoms with Gasteiger partial charge in [0.25, 0.3) is 0 Å². The molecule has 1 heterocycles. The predicted molar refractivity (Wildman–Crippen MR) is 160 cm³/mol. The zero-order valence-electron chi connectivity index (χ0n) is 23.4. The molecule has 6 heteroatoms. The summed E-state index contributed by atoms with van der Waals surface area (Å²) in [7, 11) is 0. The third-order valence-electron chi connectivity index (χ3n) is 9.18. The molecule has 3 aliphatic rings. The summed E-state index contributed by atoms with van der Waals surface area (Å²) < 4.78 is 5.78. The summed E-state index contributed by atoms with van der Waals surface area (Å²) in [4.78, 5) is 42.0. The molecule has 212 valence electrons. The second-order valence-corrected chi connectivity index (χ2v) is 12.2. The summed E-state index contributed by atoms with van der Waals surface area (Å²) in [5.74, 6) is -0.142. The number of imide groups is 1. The molecule has 1 aliphatic heterocycles. The second-order valence-electron chi connectivity index (χ2n) is 11.8. The molecule has 2 saturated carbocycles. The number of amides is 2. The number of rotatable bonds is 7. The van der Waals surface area contributed by atoms with Crippen molar-refractivity contribution >= 4 is 34.9 Å². The van der Waals surface area contributed by atoms with Crippen molar-refractivity contribution < 1.29 is 19.1 Å². The van der Waals surface area contributed by atoms with Crippen molar-refractivity contribution in [2.45, 2.75) is 96.1 Å². The number of ketones is 1. The fourth-order valence-electron chi connectivity index (χ4n) is 6.85. The Balaban J connectivity index is 1.22. The minimum atomic E-state index is -0.244. The molecule has 1 saturated heterocycles. The van der Waals surface area contributed by atoms with Crippen LogP contribution in [-0.4, -0.2) is 33.6 Å². The Morgan fingerprint density at radius 2 is 1.43 bits per heavy atom. The lowest BCUT2D eigenvalue weighted by molar-refractivity contribution is -0.171. The summed E-state index contributed by atoms with van der Waals surface area (Å²) in [6, 6.07) is 17.2. The van der Waals surface area contributed by atoms with Crippen LogP contribution in [0.4, 0.5) is 0 Å². The Morgan fingerprint density at radius 3 is 2.15 bits per heavy atom. The van der Waals surface area contributed by atoms with Gasteiger partial charge in [-0.3, -0.25) is 19.3 Å². The fourth-order valence-corrected chi connectivity index (χ4v) is 7.05. The van der Waals surface area contributed by atoms with E-state index in [0.717, 1.165) is 75.3 Å². The molecular weight excluding hydrogens is 518 g/mol. The van der Waals surface area contributed by atoms with Gasteiger partial charge in [0.1, 0.15) is 6.61 Å². The number of nitrogens with zero attached hydrogens (tertiary/aromatic N) is 1. The van der Waals surface area contributed by atoms with Gasteiger partial charge in [-0.25, -0.2) is 0 Å². The Bertz CT molecular complexity index is 1190. The lowest BCUT2D eigenvalue weighted by atomic mass is 9.74. The number of benzene rings is 2. The molecule has 40 heavy (non-hydrogen) atoms. The summed E-state index contributed by atoms with van der Waals surface area (Å²) in [6.07, 6.45) is 12.6. The number of carbonyl (C=O) groups excluding carboxylic acids is 3. The van der Waals surface area contributed by atoms with E-state index in [2.05, 4.69) is 0 Å². The van der Waals surface area contributed by atoms with Gasteiger partial charge >= 0.3 is 0 Å². The van der Waals surface area contributed by atoms with Crippen molar-refractivity contribution in [3.05, 3.63) is 71.3 Å². The van der Waals surface area contributed by atoms with E-state index in [1.807, 2.05) is 54.6 Å². The first-order valence-electron chi connectivity index (χ1n) is 15.2. The van der Waals surface area contributed by atoms with Gasteiger partial charge in [-0.05, 0) is 49.4 Å². The minimum absolute atomic E-state index is 0.00611. The first-order chi connectivity index (χ1) is 19.5. The number of Topliss-reactive ketones (excluding diaryl/α,β-unsaturated/α-hetero) is 1. The highest BCUT2D eigenvalue weighted by Crippen LogP contribution is 2.41. The van der Waals surface area contributed by atoms with E-state index in [-0.39, 0.29) is 41.4 Å². The van der Waals surface area contributed by atoms with Crippen molar-refractivity contribution in [3.63, 3.8) is 0 Å². The summed E-state index contributed by atoms with van der Waals surface area (Å²) in [5.41, 5.74) is 2.47. The molecular formula is C34H41NO4S. The number of hydrogen-bond acceptors (Lipinski definition) is 5. The van der Waals surface area contributed by atoms with E-state index in [1.54, 1.807) is 4.90 Å². The third-order valence-corrected chi connectivity index (χ3v) is 9.54. The van der Waals surface area contributed by atoms with Gasteiger partial charge in [0.05, 0.1) is 12.0 Å². The molecule has 0 bridgehead atoms. The Morgan fingerprint density at radius 1 is 0.775 bits per heavy atom. The average molecular weight is 560 g/mol. The van der Waals surface area contributed by atoms with Crippen molar-refractivity contribution in [2.24, 2.45) is 17.8 Å². The first kappa shape index (κ1) is 28.7. The number of carbonyl (C=O) groups is 3. The molecule has 4 atom stereocenters. The standard InChI is InChI=1S/C34H41NO4S/c36-31(25-20-18-24(19-21-25)23-39-34(40)26-12-7-5-8-13-26)22-27-14-6-1-2-9-15-28(27)32(37)35-30-17-11-4-3-10-16-29(30)33(35)38/h5,7-8,12-13,18-21,27-30H,1-4,6,9-11,14-17,22-23H2/t27-,28-,29-,30+/m1/s1. The Hall–Kier alpha value is -2.86. The number of β-lactam (4-membered cyclic amide) rings is 1. The number of thiocarbonyl (C=S) groups is 1. The fraction of sp³-hybridized carbons (Fsp3) is 0.529. The molecule has 2 amide bonds. The number of fused-ring (bicyclic) bond motifs is 1. The van der Waals surface area contributed by atoms with E-state index in [9.17, 15) is 14.4 Å². The van der Waals surface area contributed by atoms with Crippen LogP contribution in [0.1, 0.15) is 105 Å². The normalized spacial score (nSPS) is 25.3. The van der Waals surface area contributed by atoms with Crippen LogP contribution in [0.2, 0.25) is 0 Å². The van der Waals surface area contributed by atoms with Crippen molar-refractivity contribution in [1.29, 1.82) is 0 Å². The van der Waals surface area contributed by atoms with E-state index < -0.39 is 0 Å². The largest absolute Gasteiger partial charge is 0.478 e. The molecule has 2 aromatic carbocycles. The lowest BCUT2D eigenvalue weighted by Gasteiger charge is -2.49. The monoisotopic (exact) mass is 559 g/mol. The molecule has 2 aliphatic carbocycles. The maximum absolute atomic E-state index is 13.9. The summed E-state index contributed by atoms with van der Waals surface area (Å²) >= 11 is 5.39. The summed E-state index contributed by atoms with van der Waals surface area (Å²) in [5, 5.41) is 0.451. The molecule has 0 spiro atoms. The molecule has 2 aromatic rings. The van der Waals surface area contributed by atoms with Gasteiger partial charge in [-0.1, -0.05) is 106 Å². The van der Waals surface area contributed by atoms with Crippen LogP contribution in [0.3, 0.4) is 0 Å². The van der Waals surface area contributed by atoms with E-state index in [4.69, 9.17) is 17.0 Å². The van der Waals surface area contributed by atoms with Gasteiger partial charge in [-0.15, -0.1) is 0 Å². The van der Waals surface area contributed by atoms with E-state index in [0.29, 0.717) is 23.6 Å². The molecule has 5 nitrogen and oxygen atoms in total. The molecule has 0 aromatic heterocycles. The SMILES string of the molecule is O=C(C[C@H]1CCCCCC[C@H]1C(=O)N1C(=O)[C@@H]2CCCCCC[C@@H]21)c1ccc(COC(=S)c2ccccc2)cc1. The van der Waals surface area contributed by atoms with Crippen LogP contribution < -0.4 is 0 Å². The van der Waals surface area contributed by atoms with Crippen LogP contribution in [-0.2, 0) is 20.9 Å². The topological polar surface area (TPSA) is 63.7 Å². The first-order valence-corrected chi connectivity index (χ1v) is 15.6. The van der Waals surface area contributed by atoms with Crippen LogP contribution in [0.25, 0.3) is 0 Å². The second kappa shape index (κ2) is 13.7. The third kappa shape index (κ3) is 6.71. The van der Waals surface area contributed by atoms with E-state index in [1.165, 1.54) is 12.8 Å². The number of ether oxygens (including phenoxy) is 1. The zero-order chi connectivity index (χ0) is 27.9. The Labute approximate surface area is 243 Å². The Kier molecular flexibility index (Phi) is 9.79. The quantitative estimate of drug-likeness (QED) is 0.153. The highest BCUT2D eigenvalue weighted by molar-refractivity contribution is 7.80. The number of likely N-dealkylation sites (tertiary alicyclic amines) is 1. The van der Waals surface area contributed by atoms with Gasteiger partial charge in [-0.2, -0.15) is 0 Å². The van der Waals surface area contributed by atoms with Crippen molar-refractivity contribution in [3.8, 4) is 0 Å². The van der Waals surface area contributed by atoms with Gasteiger partial charge in [0.2, 0.25) is 11.8 Å². The van der Waals surface area contributed by atoms with Crippen LogP contribution in [0, 0.1) is 17.8 Å². The maximum Gasteiger partial charge on any atom is 0.234 e. The smallest absolute Gasteiger partial charge is 0.234 e. The van der Waals surface area contributed by atoms with E-state index >= 15 is 0 Å². The zero-order valence-corrected chi connectivity index (χ0v) is 24.2. The molecule has 3 fully saturated rings. The maximum atomic E-state index is 13.9. The van der Waals surface area contributed by atoms with Crippen LogP contribution in [0.15, 0.2) is 54.6 Å². The van der Waals surface area contributed by atoms with Crippen molar-refractivity contribution in [2.75, 3.05) is 0 Å².